The van der Waals surface area contributed by atoms with Crippen LogP contribution >= 0.6 is 0 Å². The second-order valence-electron chi connectivity index (χ2n) is 6.96. The standard InChI is InChI=1S/C19H27N3O3/c1-12(2)20-18(24)14-4-6-15(7-5-14)19(25)22-17-10-8-16(9-11-17)21-13(3)23/h8-12,14-15H,4-7H2,1-3H3,(H,20,24)(H,21,23)(H,22,25). The Morgan fingerprint density at radius 3 is 1.72 bits per heavy atom. The first-order valence-corrected chi connectivity index (χ1v) is 8.84. The molecule has 0 atom stereocenters. The molecule has 2 rings (SSSR count). The van der Waals surface area contributed by atoms with Crippen LogP contribution in [0.1, 0.15) is 46.5 Å². The van der Waals surface area contributed by atoms with E-state index in [4.69, 9.17) is 0 Å². The smallest absolute Gasteiger partial charge is 0.227 e. The fraction of sp³-hybridized carbons (Fsp3) is 0.526. The molecule has 0 saturated heterocycles. The highest BCUT2D eigenvalue weighted by atomic mass is 16.2. The maximum absolute atomic E-state index is 12.4. The highest BCUT2D eigenvalue weighted by Crippen LogP contribution is 2.30. The molecule has 3 N–H and O–H groups in total. The van der Waals surface area contributed by atoms with Gasteiger partial charge < -0.3 is 16.0 Å². The van der Waals surface area contributed by atoms with E-state index >= 15 is 0 Å². The van der Waals surface area contributed by atoms with E-state index in [0.29, 0.717) is 11.4 Å². The van der Waals surface area contributed by atoms with Crippen LogP contribution < -0.4 is 16.0 Å². The monoisotopic (exact) mass is 345 g/mol. The normalized spacial score (nSPS) is 20.0. The second kappa shape index (κ2) is 8.65. The summed E-state index contributed by atoms with van der Waals surface area (Å²) in [6, 6.07) is 7.19. The SMILES string of the molecule is CC(=O)Nc1ccc(NC(=O)C2CCC(C(=O)NC(C)C)CC2)cc1. The third-order valence-electron chi connectivity index (χ3n) is 4.37. The molecule has 1 aliphatic rings. The average molecular weight is 345 g/mol. The van der Waals surface area contributed by atoms with Crippen molar-refractivity contribution in [2.75, 3.05) is 10.6 Å². The van der Waals surface area contributed by atoms with E-state index in [0.717, 1.165) is 25.7 Å². The largest absolute Gasteiger partial charge is 0.354 e. The Hall–Kier alpha value is -2.37. The maximum Gasteiger partial charge on any atom is 0.227 e. The second-order valence-corrected chi connectivity index (χ2v) is 6.96. The van der Waals surface area contributed by atoms with E-state index in [2.05, 4.69) is 16.0 Å². The van der Waals surface area contributed by atoms with Crippen molar-refractivity contribution in [2.45, 2.75) is 52.5 Å². The van der Waals surface area contributed by atoms with Crippen LogP contribution in [0.5, 0.6) is 0 Å². The van der Waals surface area contributed by atoms with Gasteiger partial charge in [-0.2, -0.15) is 0 Å². The molecule has 1 saturated carbocycles. The molecule has 1 aliphatic carbocycles. The molecular weight excluding hydrogens is 318 g/mol. The Labute approximate surface area is 148 Å². The zero-order valence-electron chi connectivity index (χ0n) is 15.1. The van der Waals surface area contributed by atoms with Gasteiger partial charge in [0, 0.05) is 36.2 Å². The van der Waals surface area contributed by atoms with Crippen LogP contribution in [-0.4, -0.2) is 23.8 Å². The summed E-state index contributed by atoms with van der Waals surface area (Å²) < 4.78 is 0. The summed E-state index contributed by atoms with van der Waals surface area (Å²) in [4.78, 5) is 35.5. The number of rotatable bonds is 5. The summed E-state index contributed by atoms with van der Waals surface area (Å²) >= 11 is 0. The Kier molecular flexibility index (Phi) is 6.56. The van der Waals surface area contributed by atoms with Gasteiger partial charge in [-0.25, -0.2) is 0 Å². The summed E-state index contributed by atoms with van der Waals surface area (Å²) in [6.07, 6.45) is 2.95. The van der Waals surface area contributed by atoms with Crippen molar-refractivity contribution in [3.05, 3.63) is 24.3 Å². The van der Waals surface area contributed by atoms with Crippen molar-refractivity contribution in [1.82, 2.24) is 5.32 Å². The molecule has 136 valence electrons. The minimum atomic E-state index is -0.130. The summed E-state index contributed by atoms with van der Waals surface area (Å²) in [5.41, 5.74) is 1.40. The Bertz CT molecular complexity index is 617. The number of hydrogen-bond donors (Lipinski definition) is 3. The lowest BCUT2D eigenvalue weighted by molar-refractivity contribution is -0.128. The minimum Gasteiger partial charge on any atom is -0.354 e. The average Bonchev–Trinajstić information content (AvgIpc) is 2.55. The fourth-order valence-corrected chi connectivity index (χ4v) is 3.10. The first kappa shape index (κ1) is 19.0. The molecule has 1 aromatic carbocycles. The number of benzene rings is 1. The van der Waals surface area contributed by atoms with Crippen LogP contribution in [0, 0.1) is 11.8 Å². The molecule has 0 heterocycles. The molecule has 1 fully saturated rings. The van der Waals surface area contributed by atoms with Crippen LogP contribution in [0.3, 0.4) is 0 Å². The number of carbonyl (C=O) groups is 3. The molecule has 6 heteroatoms. The molecule has 3 amide bonds. The van der Waals surface area contributed by atoms with E-state index in [-0.39, 0.29) is 35.6 Å². The van der Waals surface area contributed by atoms with Gasteiger partial charge in [-0.05, 0) is 63.8 Å². The van der Waals surface area contributed by atoms with Gasteiger partial charge in [0.25, 0.3) is 0 Å². The van der Waals surface area contributed by atoms with Crippen LogP contribution in [0.2, 0.25) is 0 Å². The number of amides is 3. The lowest BCUT2D eigenvalue weighted by atomic mass is 9.81. The van der Waals surface area contributed by atoms with Crippen molar-refractivity contribution in [3.8, 4) is 0 Å². The van der Waals surface area contributed by atoms with Crippen LogP contribution in [0.4, 0.5) is 11.4 Å². The predicted octanol–water partition coefficient (Wildman–Crippen LogP) is 2.91. The van der Waals surface area contributed by atoms with Crippen molar-refractivity contribution < 1.29 is 14.4 Å². The van der Waals surface area contributed by atoms with Gasteiger partial charge in [0.05, 0.1) is 0 Å². The first-order chi connectivity index (χ1) is 11.8. The topological polar surface area (TPSA) is 87.3 Å². The lowest BCUT2D eigenvalue weighted by Crippen LogP contribution is -2.38. The summed E-state index contributed by atoms with van der Waals surface area (Å²) in [7, 11) is 0. The molecule has 6 nitrogen and oxygen atoms in total. The van der Waals surface area contributed by atoms with Gasteiger partial charge in [-0.15, -0.1) is 0 Å². The zero-order chi connectivity index (χ0) is 18.4. The Morgan fingerprint density at radius 1 is 0.840 bits per heavy atom. The molecule has 0 unspecified atom stereocenters. The number of hydrogen-bond acceptors (Lipinski definition) is 3. The van der Waals surface area contributed by atoms with Crippen molar-refractivity contribution in [2.24, 2.45) is 11.8 Å². The zero-order valence-corrected chi connectivity index (χ0v) is 15.1. The van der Waals surface area contributed by atoms with Gasteiger partial charge in [0.1, 0.15) is 0 Å². The molecule has 0 spiro atoms. The maximum atomic E-state index is 12.4. The number of anilines is 2. The van der Waals surface area contributed by atoms with Gasteiger partial charge in [0.2, 0.25) is 17.7 Å². The molecule has 0 bridgehead atoms. The highest BCUT2D eigenvalue weighted by Gasteiger charge is 2.30. The van der Waals surface area contributed by atoms with E-state index < -0.39 is 0 Å². The molecule has 25 heavy (non-hydrogen) atoms. The predicted molar refractivity (Wildman–Crippen MR) is 98.1 cm³/mol. The molecule has 1 aromatic rings. The van der Waals surface area contributed by atoms with E-state index in [1.54, 1.807) is 24.3 Å². The Balaban J connectivity index is 1.82. The first-order valence-electron chi connectivity index (χ1n) is 8.84. The minimum absolute atomic E-state index is 0.00463. The highest BCUT2D eigenvalue weighted by molar-refractivity contribution is 5.93. The fourth-order valence-electron chi connectivity index (χ4n) is 3.10. The molecule has 0 radical (unpaired) electrons. The van der Waals surface area contributed by atoms with Crippen molar-refractivity contribution >= 4 is 29.1 Å². The summed E-state index contributed by atoms with van der Waals surface area (Å²) in [5.74, 6) is -0.0750. The number of nitrogens with one attached hydrogen (secondary N) is 3. The van der Waals surface area contributed by atoms with Crippen LogP contribution in [0.15, 0.2) is 24.3 Å². The van der Waals surface area contributed by atoms with E-state index in [1.165, 1.54) is 6.92 Å². The van der Waals surface area contributed by atoms with Gasteiger partial charge in [-0.1, -0.05) is 0 Å². The third kappa shape index (κ3) is 5.89. The van der Waals surface area contributed by atoms with Gasteiger partial charge >= 0.3 is 0 Å². The van der Waals surface area contributed by atoms with E-state index in [1.807, 2.05) is 13.8 Å². The van der Waals surface area contributed by atoms with Gasteiger partial charge in [0.15, 0.2) is 0 Å². The van der Waals surface area contributed by atoms with Gasteiger partial charge in [-0.3, -0.25) is 14.4 Å². The van der Waals surface area contributed by atoms with Crippen molar-refractivity contribution in [3.63, 3.8) is 0 Å². The quantitative estimate of drug-likeness (QED) is 0.767. The van der Waals surface area contributed by atoms with E-state index in [9.17, 15) is 14.4 Å². The summed E-state index contributed by atoms with van der Waals surface area (Å²) in [6.45, 7) is 5.36. The third-order valence-corrected chi connectivity index (χ3v) is 4.37. The molecule has 0 aliphatic heterocycles. The summed E-state index contributed by atoms with van der Waals surface area (Å²) in [5, 5.41) is 8.55. The van der Waals surface area contributed by atoms with Crippen LogP contribution in [0.25, 0.3) is 0 Å². The molecular formula is C19H27N3O3. The van der Waals surface area contributed by atoms with Crippen molar-refractivity contribution in [1.29, 1.82) is 0 Å². The molecule has 0 aromatic heterocycles. The lowest BCUT2D eigenvalue weighted by Gasteiger charge is -2.27. The number of carbonyl (C=O) groups excluding carboxylic acids is 3. The Morgan fingerprint density at radius 2 is 1.28 bits per heavy atom. The van der Waals surface area contributed by atoms with Crippen LogP contribution in [-0.2, 0) is 14.4 Å².